The zero-order valence-corrected chi connectivity index (χ0v) is 12.5. The third-order valence-electron chi connectivity index (χ3n) is 4.39. The van der Waals surface area contributed by atoms with Crippen LogP contribution in [-0.2, 0) is 20.9 Å². The van der Waals surface area contributed by atoms with Gasteiger partial charge in [-0.3, -0.25) is 14.5 Å². The summed E-state index contributed by atoms with van der Waals surface area (Å²) in [4.78, 5) is 26.3. The van der Waals surface area contributed by atoms with E-state index in [9.17, 15) is 9.59 Å². The lowest BCUT2D eigenvalue weighted by Gasteiger charge is -2.42. The molecule has 22 heavy (non-hydrogen) atoms. The van der Waals surface area contributed by atoms with Crippen molar-refractivity contribution in [1.29, 1.82) is 0 Å². The molecule has 1 aromatic carbocycles. The van der Waals surface area contributed by atoms with Crippen molar-refractivity contribution in [2.45, 2.75) is 18.6 Å². The highest BCUT2D eigenvalue weighted by Crippen LogP contribution is 2.25. The van der Waals surface area contributed by atoms with Gasteiger partial charge in [-0.25, -0.2) is 0 Å². The van der Waals surface area contributed by atoms with Gasteiger partial charge in [0, 0.05) is 26.2 Å². The number of benzene rings is 1. The number of rotatable bonds is 4. The number of ether oxygens (including phenoxy) is 1. The molecule has 0 aliphatic carbocycles. The number of nitrogens with one attached hydrogen (secondary N) is 2. The van der Waals surface area contributed by atoms with E-state index in [1.54, 1.807) is 0 Å². The lowest BCUT2D eigenvalue weighted by molar-refractivity contribution is -0.150. The van der Waals surface area contributed by atoms with Gasteiger partial charge in [0.1, 0.15) is 12.1 Å². The van der Waals surface area contributed by atoms with Crippen molar-refractivity contribution in [3.05, 3.63) is 35.9 Å². The van der Waals surface area contributed by atoms with Gasteiger partial charge in [0.15, 0.2) is 0 Å². The van der Waals surface area contributed by atoms with E-state index in [1.807, 2.05) is 35.2 Å². The number of carbonyl (C=O) groups is 2. The second-order valence-electron chi connectivity index (χ2n) is 5.78. The van der Waals surface area contributed by atoms with E-state index in [0.29, 0.717) is 19.6 Å². The van der Waals surface area contributed by atoms with E-state index in [1.165, 1.54) is 0 Å². The first kappa shape index (κ1) is 15.0. The van der Waals surface area contributed by atoms with Crippen LogP contribution in [0.1, 0.15) is 12.0 Å². The highest BCUT2D eigenvalue weighted by molar-refractivity contribution is 5.89. The molecule has 1 atom stereocenters. The highest BCUT2D eigenvalue weighted by atomic mass is 16.5. The maximum absolute atomic E-state index is 12.2. The zero-order chi connectivity index (χ0) is 15.4. The Morgan fingerprint density at radius 2 is 2.09 bits per heavy atom. The van der Waals surface area contributed by atoms with E-state index in [0.717, 1.165) is 18.5 Å². The number of amides is 1. The Bertz CT molecular complexity index is 549. The summed E-state index contributed by atoms with van der Waals surface area (Å²) in [5.41, 5.74) is 0.369. The average molecular weight is 303 g/mol. The number of hydrogen-bond acceptors (Lipinski definition) is 5. The maximum atomic E-state index is 12.2. The molecule has 2 aliphatic heterocycles. The van der Waals surface area contributed by atoms with Crippen LogP contribution in [0.3, 0.4) is 0 Å². The van der Waals surface area contributed by atoms with Gasteiger partial charge in [0.05, 0.1) is 6.54 Å². The van der Waals surface area contributed by atoms with Gasteiger partial charge in [-0.15, -0.1) is 0 Å². The van der Waals surface area contributed by atoms with Crippen LogP contribution < -0.4 is 10.6 Å². The number of carbonyl (C=O) groups excluding carboxylic acids is 2. The summed E-state index contributed by atoms with van der Waals surface area (Å²) >= 11 is 0. The summed E-state index contributed by atoms with van der Waals surface area (Å²) in [6, 6.07) is 9.59. The van der Waals surface area contributed by atoms with Gasteiger partial charge in [-0.2, -0.15) is 0 Å². The molecule has 0 radical (unpaired) electrons. The number of nitrogens with zero attached hydrogens (tertiary/aromatic N) is 1. The predicted molar refractivity (Wildman–Crippen MR) is 81.0 cm³/mol. The van der Waals surface area contributed by atoms with Crippen LogP contribution in [0.25, 0.3) is 0 Å². The fraction of sp³-hybridized carbons (Fsp3) is 0.500. The van der Waals surface area contributed by atoms with Crippen LogP contribution in [-0.4, -0.2) is 55.0 Å². The first-order valence-corrected chi connectivity index (χ1v) is 7.64. The zero-order valence-electron chi connectivity index (χ0n) is 12.5. The van der Waals surface area contributed by atoms with E-state index >= 15 is 0 Å². The number of piperazine rings is 1. The summed E-state index contributed by atoms with van der Waals surface area (Å²) in [7, 11) is 0. The summed E-state index contributed by atoms with van der Waals surface area (Å²) in [5, 5.41) is 6.12. The van der Waals surface area contributed by atoms with Crippen molar-refractivity contribution in [2.75, 3.05) is 32.7 Å². The Kier molecular flexibility index (Phi) is 4.40. The minimum atomic E-state index is -0.593. The van der Waals surface area contributed by atoms with E-state index in [4.69, 9.17) is 4.74 Å². The summed E-state index contributed by atoms with van der Waals surface area (Å²) in [6.07, 6.45) is 0.727. The quantitative estimate of drug-likeness (QED) is 0.760. The molecule has 1 aromatic rings. The van der Waals surface area contributed by atoms with Crippen molar-refractivity contribution in [3.8, 4) is 0 Å². The average Bonchev–Trinajstić information content (AvgIpc) is 2.90. The van der Waals surface area contributed by atoms with Crippen LogP contribution in [0, 0.1) is 0 Å². The fourth-order valence-corrected chi connectivity index (χ4v) is 3.14. The van der Waals surface area contributed by atoms with Gasteiger partial charge < -0.3 is 15.4 Å². The van der Waals surface area contributed by atoms with Gasteiger partial charge >= 0.3 is 5.97 Å². The molecule has 6 nitrogen and oxygen atoms in total. The Balaban J connectivity index is 1.59. The Labute approximate surface area is 129 Å². The molecule has 2 N–H and O–H groups in total. The van der Waals surface area contributed by atoms with Crippen molar-refractivity contribution in [1.82, 2.24) is 15.5 Å². The van der Waals surface area contributed by atoms with Crippen LogP contribution >= 0.6 is 0 Å². The van der Waals surface area contributed by atoms with Gasteiger partial charge in [0.25, 0.3) is 0 Å². The molecular weight excluding hydrogens is 282 g/mol. The number of esters is 1. The van der Waals surface area contributed by atoms with E-state index in [-0.39, 0.29) is 25.0 Å². The Morgan fingerprint density at radius 1 is 1.27 bits per heavy atom. The SMILES string of the molecule is O=C(CN1CCNCC12CCNC2=O)OCc1ccccc1. The molecule has 118 valence electrons. The second kappa shape index (κ2) is 6.46. The van der Waals surface area contributed by atoms with Crippen LogP contribution in [0.4, 0.5) is 0 Å². The number of hydrogen-bond donors (Lipinski definition) is 2. The summed E-state index contributed by atoms with van der Waals surface area (Å²) < 4.78 is 5.34. The first-order chi connectivity index (χ1) is 10.7. The minimum absolute atomic E-state index is 0.00978. The molecule has 1 amide bonds. The molecule has 2 fully saturated rings. The molecule has 2 saturated heterocycles. The second-order valence-corrected chi connectivity index (χ2v) is 5.78. The van der Waals surface area contributed by atoms with Crippen LogP contribution in [0.15, 0.2) is 30.3 Å². The maximum Gasteiger partial charge on any atom is 0.320 e. The van der Waals surface area contributed by atoms with Crippen LogP contribution in [0.2, 0.25) is 0 Å². The van der Waals surface area contributed by atoms with Crippen LogP contribution in [0.5, 0.6) is 0 Å². The predicted octanol–water partition coefficient (Wildman–Crippen LogP) is -0.106. The van der Waals surface area contributed by atoms with Gasteiger partial charge in [-0.1, -0.05) is 30.3 Å². The smallest absolute Gasteiger partial charge is 0.320 e. The molecule has 0 bridgehead atoms. The standard InChI is InChI=1S/C16H21N3O3/c20-14(22-11-13-4-2-1-3-5-13)10-19-9-8-17-12-16(19)6-7-18-15(16)21/h1-5,17H,6-12H2,(H,18,21). The third-order valence-corrected chi connectivity index (χ3v) is 4.39. The fourth-order valence-electron chi connectivity index (χ4n) is 3.14. The van der Waals surface area contributed by atoms with Crippen molar-refractivity contribution >= 4 is 11.9 Å². The van der Waals surface area contributed by atoms with E-state index in [2.05, 4.69) is 10.6 Å². The highest BCUT2D eigenvalue weighted by Gasteiger charge is 2.49. The molecule has 2 heterocycles. The molecular formula is C16H21N3O3. The Hall–Kier alpha value is -1.92. The lowest BCUT2D eigenvalue weighted by Crippen LogP contribution is -2.65. The summed E-state index contributed by atoms with van der Waals surface area (Å²) in [5.74, 6) is -0.277. The molecule has 0 aromatic heterocycles. The normalized spacial score (nSPS) is 25.2. The third kappa shape index (κ3) is 2.98. The van der Waals surface area contributed by atoms with Gasteiger partial charge in [0.2, 0.25) is 5.91 Å². The minimum Gasteiger partial charge on any atom is -0.460 e. The molecule has 2 aliphatic rings. The van der Waals surface area contributed by atoms with Gasteiger partial charge in [-0.05, 0) is 12.0 Å². The monoisotopic (exact) mass is 303 g/mol. The molecule has 0 saturated carbocycles. The topological polar surface area (TPSA) is 70.7 Å². The Morgan fingerprint density at radius 3 is 2.82 bits per heavy atom. The van der Waals surface area contributed by atoms with E-state index < -0.39 is 5.54 Å². The lowest BCUT2D eigenvalue weighted by atomic mass is 9.93. The first-order valence-electron chi connectivity index (χ1n) is 7.64. The largest absolute Gasteiger partial charge is 0.460 e. The molecule has 3 rings (SSSR count). The van der Waals surface area contributed by atoms with Crippen molar-refractivity contribution < 1.29 is 14.3 Å². The molecule has 1 unspecified atom stereocenters. The summed E-state index contributed by atoms with van der Waals surface area (Å²) in [6.45, 7) is 3.13. The molecule has 1 spiro atoms. The van der Waals surface area contributed by atoms with Crippen molar-refractivity contribution in [3.63, 3.8) is 0 Å². The molecule has 6 heteroatoms. The van der Waals surface area contributed by atoms with Crippen molar-refractivity contribution in [2.24, 2.45) is 0 Å².